The minimum Gasteiger partial charge on any atom is -0.419 e. The molecule has 0 unspecified atom stereocenters. The third-order valence-electron chi connectivity index (χ3n) is 3.84. The summed E-state index contributed by atoms with van der Waals surface area (Å²) in [5, 5.41) is 8.32. The summed E-state index contributed by atoms with van der Waals surface area (Å²) in [6.45, 7) is 1.64. The van der Waals surface area contributed by atoms with Crippen LogP contribution in [0.4, 0.5) is 0 Å². The highest BCUT2D eigenvalue weighted by atomic mass is 16.4. The summed E-state index contributed by atoms with van der Waals surface area (Å²) in [5.74, 6) is 0.101. The summed E-state index contributed by atoms with van der Waals surface area (Å²) in [6, 6.07) is 3.86. The van der Waals surface area contributed by atoms with Crippen LogP contribution in [0, 0.1) is 6.92 Å². The van der Waals surface area contributed by atoms with Crippen LogP contribution >= 0.6 is 0 Å². The van der Waals surface area contributed by atoms with Crippen LogP contribution in [0.5, 0.6) is 0 Å². The highest BCUT2D eigenvalue weighted by Gasteiger charge is 2.15. The fourth-order valence-electron chi connectivity index (χ4n) is 2.60. The number of aromatic nitrogens is 6. The number of imidazole rings is 1. The molecule has 0 saturated carbocycles. The van der Waals surface area contributed by atoms with E-state index in [1.54, 1.807) is 31.8 Å². The van der Waals surface area contributed by atoms with E-state index in [4.69, 9.17) is 4.42 Å². The van der Waals surface area contributed by atoms with Gasteiger partial charge in [0.1, 0.15) is 0 Å². The van der Waals surface area contributed by atoms with E-state index in [0.29, 0.717) is 11.6 Å². The Balaban J connectivity index is 1.67. The van der Waals surface area contributed by atoms with Crippen molar-refractivity contribution in [2.24, 2.45) is 7.05 Å². The van der Waals surface area contributed by atoms with Gasteiger partial charge in [-0.25, -0.2) is 4.98 Å². The van der Waals surface area contributed by atoms with Crippen LogP contribution in [-0.4, -0.2) is 35.5 Å². The molecule has 0 aliphatic heterocycles. The normalized spacial score (nSPS) is 11.1. The molecule has 0 saturated heterocycles. The van der Waals surface area contributed by atoms with E-state index < -0.39 is 0 Å². The molecule has 4 heterocycles. The van der Waals surface area contributed by atoms with Crippen molar-refractivity contribution in [1.29, 1.82) is 0 Å². The summed E-state index contributed by atoms with van der Waals surface area (Å²) in [5.41, 5.74) is 3.29. The molecule has 0 aliphatic rings. The molecule has 4 rings (SSSR count). The van der Waals surface area contributed by atoms with E-state index in [1.807, 2.05) is 23.7 Å². The number of rotatable bonds is 4. The van der Waals surface area contributed by atoms with E-state index in [9.17, 15) is 4.79 Å². The monoisotopic (exact) mass is 334 g/mol. The van der Waals surface area contributed by atoms with Gasteiger partial charge in [-0.1, -0.05) is 0 Å². The number of carbonyl (C=O) groups excluding carboxylic acids is 1. The first kappa shape index (κ1) is 15.1. The Kier molecular flexibility index (Phi) is 3.57. The smallest absolute Gasteiger partial charge is 0.284 e. The van der Waals surface area contributed by atoms with Crippen molar-refractivity contribution in [1.82, 2.24) is 29.7 Å². The molecule has 8 nitrogen and oxygen atoms in total. The molecular weight excluding hydrogens is 320 g/mol. The molecule has 0 aliphatic carbocycles. The summed E-state index contributed by atoms with van der Waals surface area (Å²) in [6.07, 6.45) is 7.06. The maximum atomic E-state index is 12.2. The zero-order valence-electron chi connectivity index (χ0n) is 13.7. The Hall–Kier alpha value is -3.42. The van der Waals surface area contributed by atoms with Crippen molar-refractivity contribution in [2.45, 2.75) is 13.3 Å². The number of hydrogen-bond donors (Lipinski definition) is 0. The summed E-state index contributed by atoms with van der Waals surface area (Å²) >= 11 is 0. The van der Waals surface area contributed by atoms with Crippen LogP contribution in [0.3, 0.4) is 0 Å². The van der Waals surface area contributed by atoms with Crippen LogP contribution in [0.15, 0.2) is 41.5 Å². The number of fused-ring (bicyclic) bond motifs is 1. The van der Waals surface area contributed by atoms with Crippen molar-refractivity contribution < 1.29 is 9.21 Å². The van der Waals surface area contributed by atoms with Crippen LogP contribution in [0.2, 0.25) is 0 Å². The maximum absolute atomic E-state index is 12.2. The van der Waals surface area contributed by atoms with Gasteiger partial charge in [0.2, 0.25) is 11.7 Å². The van der Waals surface area contributed by atoms with Crippen LogP contribution < -0.4 is 0 Å². The van der Waals surface area contributed by atoms with Gasteiger partial charge in [-0.3, -0.25) is 14.8 Å². The number of hydrogen-bond acceptors (Lipinski definition) is 7. The zero-order chi connectivity index (χ0) is 17.4. The molecule has 0 N–H and O–H groups in total. The lowest BCUT2D eigenvalue weighted by Crippen LogP contribution is -2.05. The first-order valence-corrected chi connectivity index (χ1v) is 7.65. The molecule has 0 fully saturated rings. The number of carbonyl (C=O) groups is 1. The minimum atomic E-state index is -0.261. The SMILES string of the molecule is Cc1nnc(C(=O)Cc2cc3cc(-c4cncn4C)cnc3cn2)o1. The highest BCUT2D eigenvalue weighted by Crippen LogP contribution is 2.22. The first-order valence-electron chi connectivity index (χ1n) is 7.65. The van der Waals surface area contributed by atoms with Crippen molar-refractivity contribution in [3.63, 3.8) is 0 Å². The molecule has 4 aromatic heterocycles. The summed E-state index contributed by atoms with van der Waals surface area (Å²) in [7, 11) is 1.93. The Bertz CT molecular complexity index is 1080. The highest BCUT2D eigenvalue weighted by molar-refractivity contribution is 5.93. The van der Waals surface area contributed by atoms with Crippen molar-refractivity contribution in [3.8, 4) is 11.3 Å². The van der Waals surface area contributed by atoms with Gasteiger partial charge in [-0.2, -0.15) is 0 Å². The maximum Gasteiger partial charge on any atom is 0.284 e. The number of pyridine rings is 2. The number of Topliss-reactive ketones (excluding diaryl/α,β-unsaturated/α-hetero) is 1. The molecule has 0 radical (unpaired) electrons. The zero-order valence-corrected chi connectivity index (χ0v) is 13.7. The Morgan fingerprint density at radius 1 is 1.16 bits per heavy atom. The second-order valence-electron chi connectivity index (χ2n) is 5.71. The van der Waals surface area contributed by atoms with Crippen molar-refractivity contribution in [3.05, 3.63) is 54.5 Å². The van der Waals surface area contributed by atoms with Crippen molar-refractivity contribution >= 4 is 16.7 Å². The lowest BCUT2D eigenvalue weighted by Gasteiger charge is -2.05. The van der Waals surface area contributed by atoms with Gasteiger partial charge in [-0.05, 0) is 12.1 Å². The van der Waals surface area contributed by atoms with E-state index in [1.165, 1.54) is 0 Å². The second kappa shape index (κ2) is 5.90. The van der Waals surface area contributed by atoms with E-state index in [-0.39, 0.29) is 18.1 Å². The van der Waals surface area contributed by atoms with Gasteiger partial charge in [0, 0.05) is 36.8 Å². The van der Waals surface area contributed by atoms with E-state index in [0.717, 1.165) is 22.2 Å². The molecule has 8 heteroatoms. The molecular formula is C17H14N6O2. The quantitative estimate of drug-likeness (QED) is 0.527. The average Bonchev–Trinajstić information content (AvgIpc) is 3.22. The molecule has 0 spiro atoms. The third-order valence-corrected chi connectivity index (χ3v) is 3.84. The van der Waals surface area contributed by atoms with Gasteiger partial charge < -0.3 is 8.98 Å². The van der Waals surface area contributed by atoms with Crippen LogP contribution in [0.25, 0.3) is 22.2 Å². The number of aryl methyl sites for hydroxylation is 2. The number of nitrogens with zero attached hydrogens (tertiary/aromatic N) is 6. The van der Waals surface area contributed by atoms with Crippen LogP contribution in [-0.2, 0) is 13.5 Å². The van der Waals surface area contributed by atoms with Gasteiger partial charge in [0.25, 0.3) is 5.89 Å². The standard InChI is InChI=1S/C17H14N6O2/c1-10-21-22-17(25-10)16(24)5-13-4-11-3-12(6-20-14(11)7-19-13)15-8-18-9-23(15)2/h3-4,6-9H,5H2,1-2H3. The number of ketones is 1. The predicted octanol–water partition coefficient (Wildman–Crippen LogP) is 2.15. The fourth-order valence-corrected chi connectivity index (χ4v) is 2.60. The van der Waals surface area contributed by atoms with E-state index >= 15 is 0 Å². The molecule has 0 bridgehead atoms. The van der Waals surface area contributed by atoms with Gasteiger partial charge in [-0.15, -0.1) is 10.2 Å². The molecule has 0 aromatic carbocycles. The lowest BCUT2D eigenvalue weighted by atomic mass is 10.1. The second-order valence-corrected chi connectivity index (χ2v) is 5.71. The Labute approximate surface area is 142 Å². The fraction of sp³-hybridized carbons (Fsp3) is 0.176. The summed E-state index contributed by atoms with van der Waals surface area (Å²) in [4.78, 5) is 25.1. The van der Waals surface area contributed by atoms with Crippen LogP contribution in [0.1, 0.15) is 22.3 Å². The molecule has 0 atom stereocenters. The molecule has 124 valence electrons. The minimum absolute atomic E-state index is 0.00107. The molecule has 25 heavy (non-hydrogen) atoms. The predicted molar refractivity (Wildman–Crippen MR) is 88.8 cm³/mol. The molecule has 0 amide bonds. The van der Waals surface area contributed by atoms with Gasteiger partial charge in [0.15, 0.2) is 0 Å². The largest absolute Gasteiger partial charge is 0.419 e. The first-order chi connectivity index (χ1) is 12.1. The average molecular weight is 334 g/mol. The van der Waals surface area contributed by atoms with E-state index in [2.05, 4.69) is 25.1 Å². The van der Waals surface area contributed by atoms with Crippen molar-refractivity contribution in [2.75, 3.05) is 0 Å². The topological polar surface area (TPSA) is 99.6 Å². The summed E-state index contributed by atoms with van der Waals surface area (Å²) < 4.78 is 7.09. The van der Waals surface area contributed by atoms with Gasteiger partial charge >= 0.3 is 0 Å². The van der Waals surface area contributed by atoms with Gasteiger partial charge in [0.05, 0.1) is 36.4 Å². The Morgan fingerprint density at radius 3 is 2.76 bits per heavy atom. The lowest BCUT2D eigenvalue weighted by molar-refractivity contribution is 0.0957. The Morgan fingerprint density at radius 2 is 2.04 bits per heavy atom. The molecule has 4 aromatic rings. The third kappa shape index (κ3) is 2.89.